The van der Waals surface area contributed by atoms with E-state index in [1.165, 1.54) is 12.1 Å². The van der Waals surface area contributed by atoms with Gasteiger partial charge in [-0.05, 0) is 24.3 Å². The molecule has 0 saturated heterocycles. The van der Waals surface area contributed by atoms with E-state index in [0.29, 0.717) is 0 Å². The largest absolute Gasteiger partial charge is 0.471 e. The molecular weight excluding hydrogens is 395 g/mol. The van der Waals surface area contributed by atoms with E-state index < -0.39 is 44.2 Å². The van der Waals surface area contributed by atoms with Crippen molar-refractivity contribution < 1.29 is 30.7 Å². The fourth-order valence-electron chi connectivity index (χ4n) is 2.11. The van der Waals surface area contributed by atoms with E-state index in [4.69, 9.17) is 0 Å². The number of benzene rings is 1. The molecule has 3 aromatic rings. The van der Waals surface area contributed by atoms with Gasteiger partial charge in [-0.3, -0.25) is 4.98 Å². The summed E-state index contributed by atoms with van der Waals surface area (Å²) in [5.74, 6) is -3.96. The Bertz CT molecular complexity index is 1080. The topological polar surface area (TPSA) is 81.2 Å². The highest BCUT2D eigenvalue weighted by Gasteiger charge is 2.38. The Morgan fingerprint density at radius 2 is 1.78 bits per heavy atom. The van der Waals surface area contributed by atoms with Crippen molar-refractivity contribution in [3.63, 3.8) is 0 Å². The first-order chi connectivity index (χ1) is 12.6. The lowest BCUT2D eigenvalue weighted by Gasteiger charge is -2.07. The summed E-state index contributed by atoms with van der Waals surface area (Å²) in [6, 6.07) is 5.48. The molecule has 0 N–H and O–H groups in total. The molecule has 27 heavy (non-hydrogen) atoms. The lowest BCUT2D eigenvalue weighted by atomic mass is 10.3. The molecule has 1 atom stereocenters. The standard InChI is InChI=1S/C15H9F5N4O2S/c1-27(25,12-9(16)3-2-4-10(12)17)24-8-5-6-11(21-7-8)13-22-14(26-23-13)15(18,19)20/h2-7H,1H3. The fourth-order valence-corrected chi connectivity index (χ4v) is 3.57. The minimum Gasteiger partial charge on any atom is -0.329 e. The first-order valence-corrected chi connectivity index (χ1v) is 9.04. The molecule has 0 fully saturated rings. The fraction of sp³-hybridized carbons (Fsp3) is 0.133. The maximum atomic E-state index is 13.8. The van der Waals surface area contributed by atoms with Crippen molar-refractivity contribution in [3.8, 4) is 11.5 Å². The predicted molar refractivity (Wildman–Crippen MR) is 83.3 cm³/mol. The van der Waals surface area contributed by atoms with Gasteiger partial charge in [-0.15, -0.1) is 0 Å². The molecular formula is C15H9F5N4O2S. The maximum absolute atomic E-state index is 13.8. The van der Waals surface area contributed by atoms with Crippen LogP contribution < -0.4 is 0 Å². The van der Waals surface area contributed by atoms with Crippen LogP contribution in [0.5, 0.6) is 0 Å². The number of hydrogen-bond donors (Lipinski definition) is 0. The van der Waals surface area contributed by atoms with Gasteiger partial charge in [-0.2, -0.15) is 22.5 Å². The lowest BCUT2D eigenvalue weighted by molar-refractivity contribution is -0.159. The van der Waals surface area contributed by atoms with Crippen LogP contribution in [0.25, 0.3) is 11.5 Å². The highest BCUT2D eigenvalue weighted by Crippen LogP contribution is 2.29. The molecule has 12 heteroatoms. The number of aromatic nitrogens is 3. The van der Waals surface area contributed by atoms with Crippen molar-refractivity contribution in [2.75, 3.05) is 6.26 Å². The van der Waals surface area contributed by atoms with Crippen molar-refractivity contribution in [2.45, 2.75) is 11.1 Å². The second-order valence-corrected chi connectivity index (χ2v) is 7.46. The monoisotopic (exact) mass is 404 g/mol. The normalized spacial score (nSPS) is 14.0. The summed E-state index contributed by atoms with van der Waals surface area (Å²) in [7, 11) is -3.48. The van der Waals surface area contributed by atoms with Crippen LogP contribution in [0.1, 0.15) is 5.89 Å². The highest BCUT2D eigenvalue weighted by molar-refractivity contribution is 7.93. The number of halogens is 5. The van der Waals surface area contributed by atoms with Crippen molar-refractivity contribution >= 4 is 15.4 Å². The van der Waals surface area contributed by atoms with Crippen molar-refractivity contribution in [2.24, 2.45) is 4.36 Å². The van der Waals surface area contributed by atoms with Crippen molar-refractivity contribution in [3.05, 3.63) is 54.1 Å². The van der Waals surface area contributed by atoms with Crippen LogP contribution in [0.2, 0.25) is 0 Å². The van der Waals surface area contributed by atoms with Crippen LogP contribution in [0.3, 0.4) is 0 Å². The molecule has 0 radical (unpaired) electrons. The van der Waals surface area contributed by atoms with Gasteiger partial charge < -0.3 is 4.52 Å². The first-order valence-electron chi connectivity index (χ1n) is 7.11. The average molecular weight is 404 g/mol. The van der Waals surface area contributed by atoms with E-state index in [1.807, 2.05) is 0 Å². The van der Waals surface area contributed by atoms with E-state index in [9.17, 15) is 26.2 Å². The lowest BCUT2D eigenvalue weighted by Crippen LogP contribution is -2.05. The van der Waals surface area contributed by atoms with E-state index in [0.717, 1.165) is 30.7 Å². The molecule has 0 spiro atoms. The third kappa shape index (κ3) is 3.94. The van der Waals surface area contributed by atoms with Gasteiger partial charge in [-0.25, -0.2) is 13.0 Å². The minimum atomic E-state index is -4.79. The van der Waals surface area contributed by atoms with Gasteiger partial charge in [0.25, 0.3) is 0 Å². The van der Waals surface area contributed by atoms with Gasteiger partial charge in [0, 0.05) is 6.26 Å². The van der Waals surface area contributed by atoms with Crippen LogP contribution in [-0.4, -0.2) is 25.6 Å². The maximum Gasteiger partial charge on any atom is 0.471 e. The average Bonchev–Trinajstić information content (AvgIpc) is 3.05. The Balaban J connectivity index is 1.95. The predicted octanol–water partition coefficient (Wildman–Crippen LogP) is 4.22. The Morgan fingerprint density at radius 1 is 1.11 bits per heavy atom. The number of pyridine rings is 1. The zero-order chi connectivity index (χ0) is 19.8. The van der Waals surface area contributed by atoms with Crippen LogP contribution in [0, 0.1) is 11.6 Å². The highest BCUT2D eigenvalue weighted by atomic mass is 32.2. The molecule has 0 aliphatic rings. The Labute approximate surface area is 149 Å². The second kappa shape index (κ2) is 6.68. The van der Waals surface area contributed by atoms with Crippen molar-refractivity contribution in [1.29, 1.82) is 0 Å². The summed E-state index contributed by atoms with van der Waals surface area (Å²) in [5, 5.41) is 3.17. The second-order valence-electron chi connectivity index (χ2n) is 5.27. The molecule has 0 amide bonds. The Hall–Kier alpha value is -2.89. The SMILES string of the molecule is CS(=O)(=Nc1ccc(-c2noc(C(F)(F)F)n2)nc1)c1c(F)cccc1F. The van der Waals surface area contributed by atoms with Crippen LogP contribution >= 0.6 is 0 Å². The van der Waals surface area contributed by atoms with Crippen molar-refractivity contribution in [1.82, 2.24) is 15.1 Å². The van der Waals surface area contributed by atoms with E-state index in [-0.39, 0.29) is 11.4 Å². The first kappa shape index (κ1) is 18.9. The zero-order valence-electron chi connectivity index (χ0n) is 13.4. The number of alkyl halides is 3. The molecule has 0 saturated carbocycles. The van der Waals surface area contributed by atoms with Crippen LogP contribution in [0.15, 0.2) is 50.3 Å². The third-order valence-electron chi connectivity index (χ3n) is 3.22. The van der Waals surface area contributed by atoms with Crippen LogP contribution in [-0.2, 0) is 15.9 Å². The van der Waals surface area contributed by atoms with Gasteiger partial charge in [0.15, 0.2) is 0 Å². The minimum absolute atomic E-state index is 0.00607. The molecule has 3 rings (SSSR count). The smallest absolute Gasteiger partial charge is 0.329 e. The van der Waals surface area contributed by atoms with Gasteiger partial charge in [-0.1, -0.05) is 11.2 Å². The molecule has 0 aliphatic heterocycles. The zero-order valence-corrected chi connectivity index (χ0v) is 14.2. The molecule has 6 nitrogen and oxygen atoms in total. The molecule has 1 aromatic carbocycles. The van der Waals surface area contributed by atoms with E-state index in [1.54, 1.807) is 0 Å². The quantitative estimate of drug-likeness (QED) is 0.611. The van der Waals surface area contributed by atoms with E-state index in [2.05, 4.69) is 24.0 Å². The molecule has 0 bridgehead atoms. The molecule has 2 aromatic heterocycles. The number of nitrogens with zero attached hydrogens (tertiary/aromatic N) is 4. The van der Waals surface area contributed by atoms with Gasteiger partial charge in [0.2, 0.25) is 5.82 Å². The summed E-state index contributed by atoms with van der Waals surface area (Å²) in [6.45, 7) is 0. The molecule has 2 heterocycles. The Kier molecular flexibility index (Phi) is 4.68. The van der Waals surface area contributed by atoms with Gasteiger partial charge in [0.1, 0.15) is 22.2 Å². The Morgan fingerprint density at radius 3 is 2.30 bits per heavy atom. The number of hydrogen-bond acceptors (Lipinski definition) is 6. The summed E-state index contributed by atoms with van der Waals surface area (Å²) < 4.78 is 85.6. The van der Waals surface area contributed by atoms with Gasteiger partial charge in [0.05, 0.1) is 21.6 Å². The van der Waals surface area contributed by atoms with Gasteiger partial charge >= 0.3 is 12.1 Å². The number of rotatable bonds is 3. The summed E-state index contributed by atoms with van der Waals surface area (Å²) in [4.78, 5) is 6.30. The van der Waals surface area contributed by atoms with E-state index >= 15 is 0 Å². The summed E-state index contributed by atoms with van der Waals surface area (Å²) in [5.41, 5.74) is -0.0682. The molecule has 0 aliphatic carbocycles. The van der Waals surface area contributed by atoms with Crippen LogP contribution in [0.4, 0.5) is 27.6 Å². The molecule has 1 unspecified atom stereocenters. The summed E-state index contributed by atoms with van der Waals surface area (Å²) >= 11 is 0. The third-order valence-corrected chi connectivity index (χ3v) is 4.93. The summed E-state index contributed by atoms with van der Waals surface area (Å²) in [6.07, 6.45) is -2.68. The molecule has 142 valence electrons.